The Bertz CT molecular complexity index is 439. The number of methoxy groups -OCH3 is 1. The van der Waals surface area contributed by atoms with Crippen molar-refractivity contribution < 1.29 is 4.74 Å². The number of H-pyrrole nitrogens is 1. The molecular weight excluding hydrogens is 202 g/mol. The highest BCUT2D eigenvalue weighted by molar-refractivity contribution is 5.56. The summed E-state index contributed by atoms with van der Waals surface area (Å²) in [5.41, 5.74) is 2.03. The summed E-state index contributed by atoms with van der Waals surface area (Å²) in [5, 5.41) is 10.2. The van der Waals surface area contributed by atoms with Gasteiger partial charge in [-0.1, -0.05) is 12.1 Å². The van der Waals surface area contributed by atoms with Crippen LogP contribution in [-0.2, 0) is 0 Å². The summed E-state index contributed by atoms with van der Waals surface area (Å²) in [4.78, 5) is 0. The zero-order chi connectivity index (χ0) is 11.4. The average molecular weight is 217 g/mol. The van der Waals surface area contributed by atoms with Crippen molar-refractivity contribution in [3.05, 3.63) is 42.2 Å². The molecule has 4 nitrogen and oxygen atoms in total. The number of para-hydroxylation sites is 2. The van der Waals surface area contributed by atoms with Crippen LogP contribution in [0.1, 0.15) is 18.7 Å². The van der Waals surface area contributed by atoms with E-state index in [9.17, 15) is 0 Å². The van der Waals surface area contributed by atoms with E-state index in [0.29, 0.717) is 0 Å². The van der Waals surface area contributed by atoms with Gasteiger partial charge in [0, 0.05) is 6.20 Å². The van der Waals surface area contributed by atoms with Crippen LogP contribution in [0.5, 0.6) is 5.75 Å². The fourth-order valence-electron chi connectivity index (χ4n) is 1.58. The lowest BCUT2D eigenvalue weighted by molar-refractivity contribution is 0.416. The van der Waals surface area contributed by atoms with Gasteiger partial charge in [-0.3, -0.25) is 5.10 Å². The largest absolute Gasteiger partial charge is 0.495 e. The second kappa shape index (κ2) is 4.70. The summed E-state index contributed by atoms with van der Waals surface area (Å²) in [7, 11) is 1.67. The maximum absolute atomic E-state index is 5.28. The molecule has 2 aromatic rings. The maximum atomic E-state index is 5.28. The third-order valence-electron chi connectivity index (χ3n) is 2.47. The molecule has 0 saturated heterocycles. The second-order valence-corrected chi connectivity index (χ2v) is 3.58. The molecule has 84 valence electrons. The van der Waals surface area contributed by atoms with Crippen molar-refractivity contribution in [3.63, 3.8) is 0 Å². The van der Waals surface area contributed by atoms with E-state index in [2.05, 4.69) is 22.4 Å². The molecule has 16 heavy (non-hydrogen) atoms. The number of benzene rings is 1. The van der Waals surface area contributed by atoms with E-state index in [-0.39, 0.29) is 6.04 Å². The van der Waals surface area contributed by atoms with Crippen molar-refractivity contribution in [2.45, 2.75) is 13.0 Å². The molecule has 0 radical (unpaired) electrons. The Labute approximate surface area is 94.6 Å². The minimum Gasteiger partial charge on any atom is -0.495 e. The first-order chi connectivity index (χ1) is 7.81. The van der Waals surface area contributed by atoms with Gasteiger partial charge in [-0.05, 0) is 25.1 Å². The van der Waals surface area contributed by atoms with Crippen LogP contribution in [0.3, 0.4) is 0 Å². The fourth-order valence-corrected chi connectivity index (χ4v) is 1.58. The zero-order valence-corrected chi connectivity index (χ0v) is 9.40. The fraction of sp³-hybridized carbons (Fsp3) is 0.250. The summed E-state index contributed by atoms with van der Waals surface area (Å²) in [6.07, 6.45) is 1.75. The minimum atomic E-state index is 0.166. The molecule has 0 bridgehead atoms. The highest BCUT2D eigenvalue weighted by Crippen LogP contribution is 2.26. The van der Waals surface area contributed by atoms with Gasteiger partial charge in [0.05, 0.1) is 24.5 Å². The van der Waals surface area contributed by atoms with Gasteiger partial charge in [-0.25, -0.2) is 0 Å². The van der Waals surface area contributed by atoms with Crippen LogP contribution in [-0.4, -0.2) is 17.3 Å². The molecule has 0 saturated carbocycles. The zero-order valence-electron chi connectivity index (χ0n) is 9.40. The number of aromatic amines is 1. The Hall–Kier alpha value is -1.97. The molecule has 0 fully saturated rings. The van der Waals surface area contributed by atoms with Gasteiger partial charge >= 0.3 is 0 Å². The van der Waals surface area contributed by atoms with Crippen molar-refractivity contribution in [2.24, 2.45) is 0 Å². The first-order valence-electron chi connectivity index (χ1n) is 5.20. The van der Waals surface area contributed by atoms with Crippen molar-refractivity contribution in [3.8, 4) is 5.75 Å². The molecule has 0 spiro atoms. The number of nitrogens with one attached hydrogen (secondary N) is 2. The van der Waals surface area contributed by atoms with Crippen LogP contribution < -0.4 is 10.1 Å². The Morgan fingerprint density at radius 2 is 2.12 bits per heavy atom. The Morgan fingerprint density at radius 3 is 2.81 bits per heavy atom. The maximum Gasteiger partial charge on any atom is 0.141 e. The Morgan fingerprint density at radius 1 is 1.31 bits per heavy atom. The van der Waals surface area contributed by atoms with E-state index in [1.807, 2.05) is 30.3 Å². The molecule has 1 aromatic heterocycles. The topological polar surface area (TPSA) is 49.9 Å². The van der Waals surface area contributed by atoms with Gasteiger partial charge in [0.1, 0.15) is 5.75 Å². The van der Waals surface area contributed by atoms with Gasteiger partial charge in [0.15, 0.2) is 0 Å². The summed E-state index contributed by atoms with van der Waals surface area (Å²) < 4.78 is 5.28. The third-order valence-corrected chi connectivity index (χ3v) is 2.47. The molecule has 1 unspecified atom stereocenters. The van der Waals surface area contributed by atoms with Gasteiger partial charge in [0.2, 0.25) is 0 Å². The van der Waals surface area contributed by atoms with Crippen LogP contribution >= 0.6 is 0 Å². The molecule has 2 rings (SSSR count). The van der Waals surface area contributed by atoms with Crippen LogP contribution in [0, 0.1) is 0 Å². The molecule has 1 atom stereocenters. The molecule has 0 amide bonds. The lowest BCUT2D eigenvalue weighted by atomic mass is 10.2. The van der Waals surface area contributed by atoms with Crippen LogP contribution in [0.25, 0.3) is 0 Å². The predicted octanol–water partition coefficient (Wildman–Crippen LogP) is 2.59. The number of anilines is 1. The number of hydrogen-bond donors (Lipinski definition) is 2. The first kappa shape index (κ1) is 10.5. The van der Waals surface area contributed by atoms with E-state index in [1.165, 1.54) is 0 Å². The molecule has 4 heteroatoms. The van der Waals surface area contributed by atoms with E-state index in [1.54, 1.807) is 13.3 Å². The van der Waals surface area contributed by atoms with E-state index >= 15 is 0 Å². The molecular formula is C12H15N3O. The average Bonchev–Trinajstić information content (AvgIpc) is 2.83. The van der Waals surface area contributed by atoms with Crippen LogP contribution in [0.15, 0.2) is 36.5 Å². The highest BCUT2D eigenvalue weighted by Gasteiger charge is 2.08. The molecule has 0 aliphatic heterocycles. The molecule has 0 aliphatic rings. The minimum absolute atomic E-state index is 0.166. The first-order valence-corrected chi connectivity index (χ1v) is 5.20. The summed E-state index contributed by atoms with van der Waals surface area (Å²) >= 11 is 0. The van der Waals surface area contributed by atoms with E-state index < -0.39 is 0 Å². The van der Waals surface area contributed by atoms with Crippen molar-refractivity contribution >= 4 is 5.69 Å². The van der Waals surface area contributed by atoms with E-state index in [4.69, 9.17) is 4.74 Å². The number of rotatable bonds is 4. The standard InChI is InChI=1S/C12H15N3O/c1-9(10-7-8-13-15-10)14-11-5-3-4-6-12(11)16-2/h3-9,14H,1-2H3,(H,13,15). The van der Waals surface area contributed by atoms with Crippen molar-refractivity contribution in [1.29, 1.82) is 0 Å². The SMILES string of the molecule is COc1ccccc1NC(C)c1ccn[nH]1. The molecule has 1 aromatic carbocycles. The predicted molar refractivity (Wildman–Crippen MR) is 63.6 cm³/mol. The monoisotopic (exact) mass is 217 g/mol. The Kier molecular flexibility index (Phi) is 3.10. The smallest absolute Gasteiger partial charge is 0.141 e. The normalized spacial score (nSPS) is 12.1. The summed E-state index contributed by atoms with van der Waals surface area (Å²) in [6, 6.07) is 9.97. The van der Waals surface area contributed by atoms with Gasteiger partial charge in [-0.15, -0.1) is 0 Å². The molecule has 0 aliphatic carbocycles. The third kappa shape index (κ3) is 2.16. The second-order valence-electron chi connectivity index (χ2n) is 3.58. The van der Waals surface area contributed by atoms with Crippen LogP contribution in [0.2, 0.25) is 0 Å². The van der Waals surface area contributed by atoms with Crippen molar-refractivity contribution in [2.75, 3.05) is 12.4 Å². The van der Waals surface area contributed by atoms with E-state index in [0.717, 1.165) is 17.1 Å². The van der Waals surface area contributed by atoms with Crippen molar-refractivity contribution in [1.82, 2.24) is 10.2 Å². The van der Waals surface area contributed by atoms with Gasteiger partial charge < -0.3 is 10.1 Å². The van der Waals surface area contributed by atoms with Gasteiger partial charge in [-0.2, -0.15) is 5.10 Å². The number of ether oxygens (including phenoxy) is 1. The molecule has 1 heterocycles. The summed E-state index contributed by atoms with van der Waals surface area (Å²) in [6.45, 7) is 2.07. The van der Waals surface area contributed by atoms with Crippen LogP contribution in [0.4, 0.5) is 5.69 Å². The number of aromatic nitrogens is 2. The lowest BCUT2D eigenvalue weighted by Crippen LogP contribution is -2.08. The quantitative estimate of drug-likeness (QED) is 0.827. The van der Waals surface area contributed by atoms with Gasteiger partial charge in [0.25, 0.3) is 0 Å². The highest BCUT2D eigenvalue weighted by atomic mass is 16.5. The Balaban J connectivity index is 2.14. The molecule has 2 N–H and O–H groups in total. The number of hydrogen-bond acceptors (Lipinski definition) is 3. The summed E-state index contributed by atoms with van der Waals surface area (Å²) in [5.74, 6) is 0.842. The lowest BCUT2D eigenvalue weighted by Gasteiger charge is -2.15. The number of nitrogens with zero attached hydrogens (tertiary/aromatic N) is 1.